The van der Waals surface area contributed by atoms with Crippen LogP contribution >= 0.6 is 0 Å². The molecule has 1 aromatic carbocycles. The molecule has 17 heavy (non-hydrogen) atoms. The van der Waals surface area contributed by atoms with Crippen LogP contribution in [0, 0.1) is 0 Å². The first-order valence-corrected chi connectivity index (χ1v) is 5.86. The maximum atomic E-state index is 12.1. The van der Waals surface area contributed by atoms with E-state index in [0.717, 1.165) is 0 Å². The van der Waals surface area contributed by atoms with E-state index in [9.17, 15) is 4.79 Å². The van der Waals surface area contributed by atoms with Gasteiger partial charge in [-0.05, 0) is 32.0 Å². The Balaban J connectivity index is 2.83. The summed E-state index contributed by atoms with van der Waals surface area (Å²) in [6.07, 6.45) is 1.68. The van der Waals surface area contributed by atoms with Crippen molar-refractivity contribution in [2.75, 3.05) is 19.7 Å². The third-order valence-corrected chi connectivity index (χ3v) is 2.50. The second-order valence-electron chi connectivity index (χ2n) is 3.60. The minimum atomic E-state index is 0.0408. The molecule has 0 saturated heterocycles. The van der Waals surface area contributed by atoms with Gasteiger partial charge in [0.15, 0.2) is 0 Å². The van der Waals surface area contributed by atoms with Crippen molar-refractivity contribution in [1.29, 1.82) is 0 Å². The minimum Gasteiger partial charge on any atom is -0.490 e. The molecule has 0 N–H and O–H groups in total. The van der Waals surface area contributed by atoms with Crippen molar-refractivity contribution >= 4 is 5.91 Å². The van der Waals surface area contributed by atoms with E-state index in [-0.39, 0.29) is 5.91 Å². The fourth-order valence-electron chi connectivity index (χ4n) is 1.57. The zero-order valence-electron chi connectivity index (χ0n) is 10.5. The Hall–Kier alpha value is -1.77. The number of carbonyl (C=O) groups excluding carboxylic acids is 1. The summed E-state index contributed by atoms with van der Waals surface area (Å²) < 4.78 is 5.40. The van der Waals surface area contributed by atoms with Crippen LogP contribution in [0.3, 0.4) is 0 Å². The zero-order valence-corrected chi connectivity index (χ0v) is 10.5. The van der Waals surface area contributed by atoms with Crippen LogP contribution in [0.4, 0.5) is 0 Å². The molecule has 0 aliphatic carbocycles. The van der Waals surface area contributed by atoms with Crippen LogP contribution in [0.15, 0.2) is 36.9 Å². The summed E-state index contributed by atoms with van der Waals surface area (Å²) in [5.74, 6) is 0.738. The zero-order chi connectivity index (χ0) is 12.7. The Morgan fingerprint density at radius 1 is 1.41 bits per heavy atom. The molecule has 1 aromatic rings. The van der Waals surface area contributed by atoms with Gasteiger partial charge in [0.1, 0.15) is 12.4 Å². The highest BCUT2D eigenvalue weighted by molar-refractivity contribution is 5.94. The first-order valence-electron chi connectivity index (χ1n) is 5.86. The number of hydrogen-bond donors (Lipinski definition) is 0. The number of nitrogens with zero attached hydrogens (tertiary/aromatic N) is 1. The third kappa shape index (κ3) is 3.63. The molecular formula is C14H19NO2. The molecule has 0 aliphatic rings. The second-order valence-corrected chi connectivity index (χ2v) is 3.60. The van der Waals surface area contributed by atoms with Gasteiger partial charge in [-0.15, -0.1) is 0 Å². The van der Waals surface area contributed by atoms with Gasteiger partial charge in [0, 0.05) is 18.7 Å². The van der Waals surface area contributed by atoms with Gasteiger partial charge in [0.2, 0.25) is 0 Å². The van der Waals surface area contributed by atoms with Gasteiger partial charge in [-0.1, -0.05) is 18.7 Å². The predicted octanol–water partition coefficient (Wildman–Crippen LogP) is 2.73. The number of benzene rings is 1. The van der Waals surface area contributed by atoms with Crippen LogP contribution in [0.25, 0.3) is 0 Å². The summed E-state index contributed by atoms with van der Waals surface area (Å²) in [7, 11) is 0. The first-order chi connectivity index (χ1) is 8.22. The molecule has 0 radical (unpaired) electrons. The predicted molar refractivity (Wildman–Crippen MR) is 69.4 cm³/mol. The van der Waals surface area contributed by atoms with E-state index < -0.39 is 0 Å². The van der Waals surface area contributed by atoms with E-state index in [1.54, 1.807) is 23.1 Å². The average Bonchev–Trinajstić information content (AvgIpc) is 2.38. The van der Waals surface area contributed by atoms with Gasteiger partial charge in [-0.3, -0.25) is 4.79 Å². The van der Waals surface area contributed by atoms with E-state index in [0.29, 0.717) is 31.0 Å². The normalized spacial score (nSPS) is 9.76. The lowest BCUT2D eigenvalue weighted by Gasteiger charge is -2.18. The molecule has 0 heterocycles. The summed E-state index contributed by atoms with van der Waals surface area (Å²) >= 11 is 0. The highest BCUT2D eigenvalue weighted by Crippen LogP contribution is 2.15. The molecule has 1 rings (SSSR count). The third-order valence-electron chi connectivity index (χ3n) is 2.50. The Labute approximate surface area is 103 Å². The van der Waals surface area contributed by atoms with E-state index >= 15 is 0 Å². The van der Waals surface area contributed by atoms with E-state index in [4.69, 9.17) is 4.74 Å². The number of amides is 1. The average molecular weight is 233 g/mol. The molecule has 0 aliphatic heterocycles. The van der Waals surface area contributed by atoms with Crippen molar-refractivity contribution in [3.05, 3.63) is 42.5 Å². The summed E-state index contributed by atoms with van der Waals surface area (Å²) in [6.45, 7) is 9.41. The lowest BCUT2D eigenvalue weighted by Crippen LogP contribution is -2.30. The minimum absolute atomic E-state index is 0.0408. The van der Waals surface area contributed by atoms with Crippen molar-refractivity contribution in [3.63, 3.8) is 0 Å². The molecule has 92 valence electrons. The van der Waals surface area contributed by atoms with Crippen LogP contribution in [0.2, 0.25) is 0 Å². The van der Waals surface area contributed by atoms with Gasteiger partial charge < -0.3 is 9.64 Å². The fourth-order valence-corrected chi connectivity index (χ4v) is 1.57. The first kappa shape index (κ1) is 13.3. The highest BCUT2D eigenvalue weighted by atomic mass is 16.5. The van der Waals surface area contributed by atoms with Crippen LogP contribution in [-0.2, 0) is 0 Å². The quantitative estimate of drug-likeness (QED) is 0.707. The lowest BCUT2D eigenvalue weighted by molar-refractivity contribution is 0.0772. The number of hydrogen-bond acceptors (Lipinski definition) is 2. The molecule has 1 amide bonds. The van der Waals surface area contributed by atoms with Crippen LogP contribution in [-0.4, -0.2) is 30.5 Å². The Morgan fingerprint density at radius 3 is 2.71 bits per heavy atom. The topological polar surface area (TPSA) is 29.5 Å². The molecule has 0 spiro atoms. The Bertz CT molecular complexity index is 384. The smallest absolute Gasteiger partial charge is 0.253 e. The maximum Gasteiger partial charge on any atom is 0.253 e. The van der Waals surface area contributed by atoms with E-state index in [2.05, 4.69) is 6.58 Å². The standard InChI is InChI=1S/C14H19NO2/c1-4-10-17-13-9-7-8-12(11-13)14(16)15(5-2)6-3/h4,7-9,11H,1,5-6,10H2,2-3H3. The van der Waals surface area contributed by atoms with E-state index in [1.165, 1.54) is 0 Å². The highest BCUT2D eigenvalue weighted by Gasteiger charge is 2.12. The van der Waals surface area contributed by atoms with Crippen LogP contribution < -0.4 is 4.74 Å². The van der Waals surface area contributed by atoms with Crippen LogP contribution in [0.1, 0.15) is 24.2 Å². The summed E-state index contributed by atoms with van der Waals surface area (Å²) in [5.41, 5.74) is 0.662. The number of ether oxygens (including phenoxy) is 1. The molecule has 3 heteroatoms. The molecule has 0 aromatic heterocycles. The van der Waals surface area contributed by atoms with Crippen molar-refractivity contribution in [1.82, 2.24) is 4.90 Å². The molecule has 0 unspecified atom stereocenters. The molecule has 0 atom stereocenters. The molecule has 0 fully saturated rings. The number of rotatable bonds is 6. The summed E-state index contributed by atoms with van der Waals surface area (Å²) in [4.78, 5) is 13.9. The lowest BCUT2D eigenvalue weighted by atomic mass is 10.2. The van der Waals surface area contributed by atoms with Gasteiger partial charge in [-0.2, -0.15) is 0 Å². The van der Waals surface area contributed by atoms with Crippen LogP contribution in [0.5, 0.6) is 5.75 Å². The van der Waals surface area contributed by atoms with Gasteiger partial charge in [0.25, 0.3) is 5.91 Å². The molecule has 0 bridgehead atoms. The summed E-state index contributed by atoms with van der Waals surface area (Å²) in [5, 5.41) is 0. The van der Waals surface area contributed by atoms with Crippen molar-refractivity contribution in [2.45, 2.75) is 13.8 Å². The van der Waals surface area contributed by atoms with Crippen molar-refractivity contribution < 1.29 is 9.53 Å². The fraction of sp³-hybridized carbons (Fsp3) is 0.357. The van der Waals surface area contributed by atoms with Gasteiger partial charge in [-0.25, -0.2) is 0 Å². The summed E-state index contributed by atoms with van der Waals surface area (Å²) in [6, 6.07) is 7.24. The van der Waals surface area contributed by atoms with Gasteiger partial charge in [0.05, 0.1) is 0 Å². The molecule has 0 saturated carbocycles. The van der Waals surface area contributed by atoms with Crippen molar-refractivity contribution in [3.8, 4) is 5.75 Å². The SMILES string of the molecule is C=CCOc1cccc(C(=O)N(CC)CC)c1. The van der Waals surface area contributed by atoms with Crippen molar-refractivity contribution in [2.24, 2.45) is 0 Å². The monoisotopic (exact) mass is 233 g/mol. The maximum absolute atomic E-state index is 12.1. The Morgan fingerprint density at radius 2 is 2.12 bits per heavy atom. The van der Waals surface area contributed by atoms with Gasteiger partial charge >= 0.3 is 0 Å². The largest absolute Gasteiger partial charge is 0.490 e. The van der Waals surface area contributed by atoms with E-state index in [1.807, 2.05) is 26.0 Å². The molecule has 3 nitrogen and oxygen atoms in total. The Kier molecular flexibility index (Phi) is 5.27. The second kappa shape index (κ2) is 6.74. The number of carbonyl (C=O) groups is 1. The molecular weight excluding hydrogens is 214 g/mol.